The maximum atomic E-state index is 9.87. The van der Waals surface area contributed by atoms with E-state index in [4.69, 9.17) is 0 Å². The van der Waals surface area contributed by atoms with Crippen LogP contribution in [0, 0.1) is 12.8 Å². The average molecular weight is 177 g/mol. The summed E-state index contributed by atoms with van der Waals surface area (Å²) >= 11 is 0. The molecule has 1 atom stereocenters. The number of nitrogens with zero attached hydrogens (tertiary/aromatic N) is 1. The first-order valence-corrected chi connectivity index (χ1v) is 4.88. The largest absolute Gasteiger partial charge is 0.387 e. The highest BCUT2D eigenvalue weighted by molar-refractivity contribution is 5.14. The summed E-state index contributed by atoms with van der Waals surface area (Å²) in [5.41, 5.74) is 1.97. The fraction of sp³-hybridized carbons (Fsp3) is 0.545. The fourth-order valence-corrected chi connectivity index (χ4v) is 1.65. The second-order valence-electron chi connectivity index (χ2n) is 3.90. The molecular weight excluding hydrogens is 162 g/mol. The van der Waals surface area contributed by atoms with Gasteiger partial charge in [-0.25, -0.2) is 0 Å². The molecule has 0 saturated heterocycles. The number of aryl methyl sites for hydroxylation is 1. The van der Waals surface area contributed by atoms with Gasteiger partial charge in [0.15, 0.2) is 0 Å². The summed E-state index contributed by atoms with van der Waals surface area (Å²) in [5.74, 6) is 0.454. The van der Waals surface area contributed by atoms with Crippen LogP contribution in [-0.2, 0) is 0 Å². The van der Waals surface area contributed by atoms with Crippen molar-refractivity contribution in [1.29, 1.82) is 0 Å². The first-order valence-electron chi connectivity index (χ1n) is 4.88. The van der Waals surface area contributed by atoms with E-state index >= 15 is 0 Å². The molecule has 2 nitrogen and oxygen atoms in total. The van der Waals surface area contributed by atoms with Gasteiger partial charge in [-0.15, -0.1) is 0 Å². The number of hydrogen-bond acceptors (Lipinski definition) is 2. The van der Waals surface area contributed by atoms with Gasteiger partial charge in [-0.05, 0) is 37.3 Å². The van der Waals surface area contributed by atoms with Crippen molar-refractivity contribution >= 4 is 0 Å². The van der Waals surface area contributed by atoms with Gasteiger partial charge in [0.05, 0.1) is 11.8 Å². The normalized spacial score (nSPS) is 19.5. The van der Waals surface area contributed by atoms with E-state index in [1.54, 1.807) is 0 Å². The maximum Gasteiger partial charge on any atom is 0.0987 e. The van der Waals surface area contributed by atoms with Crippen LogP contribution in [0.25, 0.3) is 0 Å². The van der Waals surface area contributed by atoms with E-state index in [0.29, 0.717) is 5.92 Å². The molecule has 1 saturated carbocycles. The highest BCUT2D eigenvalue weighted by Crippen LogP contribution is 2.36. The van der Waals surface area contributed by atoms with Gasteiger partial charge >= 0.3 is 0 Å². The van der Waals surface area contributed by atoms with Crippen LogP contribution in [0.2, 0.25) is 0 Å². The summed E-state index contributed by atoms with van der Waals surface area (Å²) in [6, 6.07) is 3.93. The molecule has 0 aliphatic heterocycles. The van der Waals surface area contributed by atoms with Crippen molar-refractivity contribution in [1.82, 2.24) is 4.98 Å². The fourth-order valence-electron chi connectivity index (χ4n) is 1.65. The van der Waals surface area contributed by atoms with E-state index in [1.807, 2.05) is 25.3 Å². The molecule has 0 aromatic carbocycles. The molecule has 0 radical (unpaired) electrons. The van der Waals surface area contributed by atoms with Gasteiger partial charge in [0.1, 0.15) is 0 Å². The third kappa shape index (κ3) is 1.73. The molecule has 1 aromatic heterocycles. The molecule has 2 rings (SSSR count). The van der Waals surface area contributed by atoms with Crippen molar-refractivity contribution in [3.8, 4) is 0 Å². The van der Waals surface area contributed by atoms with Crippen molar-refractivity contribution in [3.63, 3.8) is 0 Å². The third-order valence-electron chi connectivity index (χ3n) is 2.83. The lowest BCUT2D eigenvalue weighted by Crippen LogP contribution is -2.20. The van der Waals surface area contributed by atoms with Crippen molar-refractivity contribution in [3.05, 3.63) is 29.6 Å². The van der Waals surface area contributed by atoms with E-state index in [0.717, 1.165) is 24.1 Å². The summed E-state index contributed by atoms with van der Waals surface area (Å²) in [7, 11) is 0. The van der Waals surface area contributed by atoms with Crippen LogP contribution >= 0.6 is 0 Å². The Kier molecular flexibility index (Phi) is 2.32. The summed E-state index contributed by atoms with van der Waals surface area (Å²) in [4.78, 5) is 4.23. The van der Waals surface area contributed by atoms with Crippen molar-refractivity contribution in [2.45, 2.75) is 32.3 Å². The molecular formula is C11H15NO. The predicted molar refractivity (Wildman–Crippen MR) is 51.3 cm³/mol. The van der Waals surface area contributed by atoms with Gasteiger partial charge in [0.2, 0.25) is 0 Å². The summed E-state index contributed by atoms with van der Waals surface area (Å²) < 4.78 is 0. The zero-order valence-corrected chi connectivity index (χ0v) is 7.90. The van der Waals surface area contributed by atoms with Crippen molar-refractivity contribution < 1.29 is 5.11 Å². The molecule has 1 unspecified atom stereocenters. The second-order valence-corrected chi connectivity index (χ2v) is 3.90. The Bertz CT molecular complexity index is 277. The molecule has 2 heteroatoms. The number of hydrogen-bond donors (Lipinski definition) is 1. The zero-order chi connectivity index (χ0) is 9.26. The zero-order valence-electron chi connectivity index (χ0n) is 7.90. The molecule has 1 aliphatic carbocycles. The molecule has 13 heavy (non-hydrogen) atoms. The predicted octanol–water partition coefficient (Wildman–Crippen LogP) is 2.22. The van der Waals surface area contributed by atoms with Crippen LogP contribution in [0.3, 0.4) is 0 Å². The van der Waals surface area contributed by atoms with Crippen LogP contribution in [-0.4, -0.2) is 10.1 Å². The van der Waals surface area contributed by atoms with Gasteiger partial charge in [0, 0.05) is 6.20 Å². The number of aromatic nitrogens is 1. The minimum Gasteiger partial charge on any atom is -0.387 e. The standard InChI is InChI=1S/C11H15NO/c1-8-5-6-10(12-7-8)11(13)9-3-2-4-9/h5-7,9,11,13H,2-4H2,1H3. The van der Waals surface area contributed by atoms with Crippen molar-refractivity contribution in [2.75, 3.05) is 0 Å². The second kappa shape index (κ2) is 3.46. The van der Waals surface area contributed by atoms with Gasteiger partial charge in [-0.1, -0.05) is 12.5 Å². The number of pyridine rings is 1. The Labute approximate surface area is 78.6 Å². The lowest BCUT2D eigenvalue weighted by Gasteiger charge is -2.29. The maximum absolute atomic E-state index is 9.87. The lowest BCUT2D eigenvalue weighted by atomic mass is 9.80. The van der Waals surface area contributed by atoms with Crippen molar-refractivity contribution in [2.24, 2.45) is 5.92 Å². The minimum atomic E-state index is -0.339. The van der Waals surface area contributed by atoms with Crippen LogP contribution in [0.4, 0.5) is 0 Å². The smallest absolute Gasteiger partial charge is 0.0987 e. The summed E-state index contributed by atoms with van der Waals surface area (Å²) in [6.07, 6.45) is 5.03. The monoisotopic (exact) mass is 177 g/mol. The Hall–Kier alpha value is -0.890. The Morgan fingerprint density at radius 1 is 1.46 bits per heavy atom. The minimum absolute atomic E-state index is 0.339. The highest BCUT2D eigenvalue weighted by atomic mass is 16.3. The van der Waals surface area contributed by atoms with E-state index < -0.39 is 0 Å². The number of aliphatic hydroxyl groups excluding tert-OH is 1. The first-order chi connectivity index (χ1) is 6.27. The first kappa shape index (κ1) is 8.70. The SMILES string of the molecule is Cc1ccc(C(O)C2CCC2)nc1. The molecule has 0 bridgehead atoms. The lowest BCUT2D eigenvalue weighted by molar-refractivity contribution is 0.0587. The summed E-state index contributed by atoms with van der Waals surface area (Å²) in [6.45, 7) is 2.01. The van der Waals surface area contributed by atoms with Gasteiger partial charge in [-0.3, -0.25) is 4.98 Å². The highest BCUT2D eigenvalue weighted by Gasteiger charge is 2.27. The van der Waals surface area contributed by atoms with E-state index in [9.17, 15) is 5.11 Å². The van der Waals surface area contributed by atoms with E-state index in [-0.39, 0.29) is 6.10 Å². The Morgan fingerprint density at radius 3 is 2.69 bits per heavy atom. The van der Waals surface area contributed by atoms with Crippen LogP contribution < -0.4 is 0 Å². The van der Waals surface area contributed by atoms with E-state index in [1.165, 1.54) is 6.42 Å². The third-order valence-corrected chi connectivity index (χ3v) is 2.83. The van der Waals surface area contributed by atoms with Crippen LogP contribution in [0.15, 0.2) is 18.3 Å². The number of aliphatic hydroxyl groups is 1. The molecule has 1 heterocycles. The molecule has 1 N–H and O–H groups in total. The Balaban J connectivity index is 2.10. The van der Waals surface area contributed by atoms with E-state index in [2.05, 4.69) is 4.98 Å². The van der Waals surface area contributed by atoms with Crippen LogP contribution in [0.5, 0.6) is 0 Å². The summed E-state index contributed by atoms with van der Waals surface area (Å²) in [5, 5.41) is 9.87. The molecule has 70 valence electrons. The van der Waals surface area contributed by atoms with Crippen LogP contribution in [0.1, 0.15) is 36.6 Å². The number of rotatable bonds is 2. The Morgan fingerprint density at radius 2 is 2.23 bits per heavy atom. The van der Waals surface area contributed by atoms with Gasteiger partial charge < -0.3 is 5.11 Å². The molecule has 0 spiro atoms. The topological polar surface area (TPSA) is 33.1 Å². The van der Waals surface area contributed by atoms with Gasteiger partial charge in [-0.2, -0.15) is 0 Å². The molecule has 1 aromatic rings. The molecule has 1 aliphatic rings. The average Bonchev–Trinajstić information content (AvgIpc) is 2.02. The molecule has 0 amide bonds. The van der Waals surface area contributed by atoms with Gasteiger partial charge in [0.25, 0.3) is 0 Å². The molecule has 1 fully saturated rings. The quantitative estimate of drug-likeness (QED) is 0.751.